The van der Waals surface area contributed by atoms with E-state index in [4.69, 9.17) is 9.47 Å². The first-order valence-corrected chi connectivity index (χ1v) is 8.64. The summed E-state index contributed by atoms with van der Waals surface area (Å²) in [5, 5.41) is 32.3. The molecule has 8 nitrogen and oxygen atoms in total. The first kappa shape index (κ1) is 21.2. The second kappa shape index (κ2) is 10.3. The topological polar surface area (TPSA) is 125 Å². The predicted octanol–water partition coefficient (Wildman–Crippen LogP) is 2.10. The number of alkyl carbamates (subject to hydrolysis) is 1. The van der Waals surface area contributed by atoms with Gasteiger partial charge in [-0.25, -0.2) is 9.59 Å². The quantitative estimate of drug-likeness (QED) is 0.517. The van der Waals surface area contributed by atoms with Crippen LogP contribution in [-0.2, 0) is 11.3 Å². The van der Waals surface area contributed by atoms with Gasteiger partial charge in [0.15, 0.2) is 0 Å². The average Bonchev–Trinajstić information content (AvgIpc) is 2.71. The number of carbonyl (C=O) groups is 2. The lowest BCUT2D eigenvalue weighted by molar-refractivity contribution is 0.0126. The molecule has 0 heterocycles. The minimum absolute atomic E-state index is 0.00211. The SMILES string of the molecule is COc1ccc(C(=O)O)c(C(O)C(O)CCNC(=O)OCc2ccccc2)c1. The Hall–Kier alpha value is -3.10. The Morgan fingerprint density at radius 3 is 2.46 bits per heavy atom. The molecule has 0 radical (unpaired) electrons. The Morgan fingerprint density at radius 2 is 1.82 bits per heavy atom. The van der Waals surface area contributed by atoms with Gasteiger partial charge in [0.2, 0.25) is 0 Å². The lowest BCUT2D eigenvalue weighted by atomic mass is 9.96. The lowest BCUT2D eigenvalue weighted by Gasteiger charge is -2.20. The van der Waals surface area contributed by atoms with E-state index in [2.05, 4.69) is 5.32 Å². The Bertz CT molecular complexity index is 794. The molecule has 0 fully saturated rings. The molecule has 0 aliphatic carbocycles. The summed E-state index contributed by atoms with van der Waals surface area (Å²) in [4.78, 5) is 23.0. The molecule has 2 unspecified atom stereocenters. The zero-order valence-corrected chi connectivity index (χ0v) is 15.4. The average molecular weight is 389 g/mol. The number of carboxylic acids is 1. The van der Waals surface area contributed by atoms with Crippen molar-refractivity contribution >= 4 is 12.1 Å². The van der Waals surface area contributed by atoms with E-state index in [1.807, 2.05) is 30.3 Å². The van der Waals surface area contributed by atoms with Crippen molar-refractivity contribution in [3.05, 3.63) is 65.2 Å². The first-order valence-electron chi connectivity index (χ1n) is 8.64. The first-order chi connectivity index (χ1) is 13.4. The van der Waals surface area contributed by atoms with E-state index in [-0.39, 0.29) is 30.7 Å². The fourth-order valence-corrected chi connectivity index (χ4v) is 2.57. The minimum Gasteiger partial charge on any atom is -0.497 e. The van der Waals surface area contributed by atoms with Crippen LogP contribution in [0.5, 0.6) is 5.75 Å². The van der Waals surface area contributed by atoms with Crippen molar-refractivity contribution in [1.29, 1.82) is 0 Å². The number of aliphatic hydroxyl groups is 2. The van der Waals surface area contributed by atoms with Gasteiger partial charge in [-0.1, -0.05) is 30.3 Å². The van der Waals surface area contributed by atoms with Crippen LogP contribution in [0.1, 0.15) is 34.0 Å². The van der Waals surface area contributed by atoms with Crippen LogP contribution in [0.2, 0.25) is 0 Å². The molecule has 2 aromatic rings. The molecule has 28 heavy (non-hydrogen) atoms. The molecule has 0 bridgehead atoms. The smallest absolute Gasteiger partial charge is 0.407 e. The van der Waals surface area contributed by atoms with Crippen LogP contribution in [0, 0.1) is 0 Å². The molecule has 2 rings (SSSR count). The van der Waals surface area contributed by atoms with Gasteiger partial charge in [-0.3, -0.25) is 0 Å². The van der Waals surface area contributed by atoms with E-state index >= 15 is 0 Å². The maximum atomic E-state index is 11.7. The van der Waals surface area contributed by atoms with Crippen LogP contribution >= 0.6 is 0 Å². The number of aromatic carboxylic acids is 1. The highest BCUT2D eigenvalue weighted by atomic mass is 16.5. The Kier molecular flexibility index (Phi) is 7.79. The van der Waals surface area contributed by atoms with Gasteiger partial charge in [0, 0.05) is 12.1 Å². The molecule has 0 aliphatic rings. The van der Waals surface area contributed by atoms with Crippen molar-refractivity contribution in [3.63, 3.8) is 0 Å². The number of rotatable bonds is 9. The van der Waals surface area contributed by atoms with Crippen LogP contribution in [-0.4, -0.2) is 47.1 Å². The molecule has 0 aliphatic heterocycles. The lowest BCUT2D eigenvalue weighted by Crippen LogP contribution is -2.30. The number of benzene rings is 2. The third-order valence-corrected chi connectivity index (χ3v) is 4.09. The van der Waals surface area contributed by atoms with E-state index in [1.165, 1.54) is 25.3 Å². The van der Waals surface area contributed by atoms with Crippen molar-refractivity contribution in [2.75, 3.05) is 13.7 Å². The maximum Gasteiger partial charge on any atom is 0.407 e. The van der Waals surface area contributed by atoms with E-state index in [9.17, 15) is 24.9 Å². The summed E-state index contributed by atoms with van der Waals surface area (Å²) in [6, 6.07) is 13.3. The van der Waals surface area contributed by atoms with Crippen molar-refractivity contribution in [3.8, 4) is 5.75 Å². The van der Waals surface area contributed by atoms with Crippen LogP contribution in [0.25, 0.3) is 0 Å². The van der Waals surface area contributed by atoms with Crippen LogP contribution in [0.15, 0.2) is 48.5 Å². The summed E-state index contributed by atoms with van der Waals surface area (Å²) in [5.41, 5.74) is 0.737. The highest BCUT2D eigenvalue weighted by Gasteiger charge is 2.24. The fraction of sp³-hybridized carbons (Fsp3) is 0.300. The number of carboxylic acid groups (broad SMARTS) is 1. The van der Waals surface area contributed by atoms with Crippen LogP contribution < -0.4 is 10.1 Å². The fourth-order valence-electron chi connectivity index (χ4n) is 2.57. The van der Waals surface area contributed by atoms with Gasteiger partial charge in [0.25, 0.3) is 0 Å². The number of carbonyl (C=O) groups excluding carboxylic acids is 1. The molecule has 0 saturated heterocycles. The number of hydrogen-bond acceptors (Lipinski definition) is 6. The molecule has 8 heteroatoms. The van der Waals surface area contributed by atoms with Gasteiger partial charge in [-0.2, -0.15) is 0 Å². The van der Waals surface area contributed by atoms with Gasteiger partial charge in [0.1, 0.15) is 18.5 Å². The number of aliphatic hydroxyl groups excluding tert-OH is 2. The third-order valence-electron chi connectivity index (χ3n) is 4.09. The zero-order valence-electron chi connectivity index (χ0n) is 15.4. The van der Waals surface area contributed by atoms with Crippen LogP contribution in [0.4, 0.5) is 4.79 Å². The van der Waals surface area contributed by atoms with Gasteiger partial charge < -0.3 is 30.1 Å². The Balaban J connectivity index is 1.86. The van der Waals surface area contributed by atoms with Crippen LogP contribution in [0.3, 0.4) is 0 Å². The molecule has 150 valence electrons. The number of hydrogen-bond donors (Lipinski definition) is 4. The monoisotopic (exact) mass is 389 g/mol. The van der Waals surface area contributed by atoms with E-state index in [0.717, 1.165) is 5.56 Å². The van der Waals surface area contributed by atoms with E-state index in [0.29, 0.717) is 5.75 Å². The summed E-state index contributed by atoms with van der Waals surface area (Å²) in [6.07, 6.45) is -3.40. The molecule has 0 spiro atoms. The Morgan fingerprint density at radius 1 is 1.11 bits per heavy atom. The summed E-state index contributed by atoms with van der Waals surface area (Å²) < 4.78 is 10.1. The minimum atomic E-state index is -1.46. The number of nitrogens with one attached hydrogen (secondary N) is 1. The van der Waals surface area contributed by atoms with Crippen molar-refractivity contribution in [2.24, 2.45) is 0 Å². The summed E-state index contributed by atoms with van der Waals surface area (Å²) >= 11 is 0. The predicted molar refractivity (Wildman–Crippen MR) is 100 cm³/mol. The molecule has 0 aromatic heterocycles. The third kappa shape index (κ3) is 5.97. The van der Waals surface area contributed by atoms with Crippen molar-refractivity contribution in [2.45, 2.75) is 25.2 Å². The molecule has 2 atom stereocenters. The molecular weight excluding hydrogens is 366 g/mol. The second-order valence-electron chi connectivity index (χ2n) is 6.05. The summed E-state index contributed by atoms with van der Waals surface area (Å²) in [5.74, 6) is -0.875. The molecule has 4 N–H and O–H groups in total. The van der Waals surface area contributed by atoms with E-state index in [1.54, 1.807) is 0 Å². The number of ether oxygens (including phenoxy) is 2. The number of amides is 1. The molecular formula is C20H23NO7. The molecule has 2 aromatic carbocycles. The van der Waals surface area contributed by atoms with E-state index < -0.39 is 24.3 Å². The molecule has 1 amide bonds. The highest BCUT2D eigenvalue weighted by molar-refractivity contribution is 5.89. The normalized spacial score (nSPS) is 12.7. The number of methoxy groups -OCH3 is 1. The van der Waals surface area contributed by atoms with Gasteiger partial charge in [-0.05, 0) is 30.2 Å². The molecule has 0 saturated carbocycles. The second-order valence-corrected chi connectivity index (χ2v) is 6.05. The van der Waals surface area contributed by atoms with Crippen molar-refractivity contribution in [1.82, 2.24) is 5.32 Å². The largest absolute Gasteiger partial charge is 0.497 e. The highest BCUT2D eigenvalue weighted by Crippen LogP contribution is 2.27. The maximum absolute atomic E-state index is 11.7. The zero-order chi connectivity index (χ0) is 20.5. The van der Waals surface area contributed by atoms with Gasteiger partial charge in [-0.15, -0.1) is 0 Å². The van der Waals surface area contributed by atoms with Gasteiger partial charge >= 0.3 is 12.1 Å². The summed E-state index contributed by atoms with van der Waals surface area (Å²) in [7, 11) is 1.41. The Labute approximate surface area is 162 Å². The summed E-state index contributed by atoms with van der Waals surface area (Å²) in [6.45, 7) is 0.155. The van der Waals surface area contributed by atoms with Gasteiger partial charge in [0.05, 0.1) is 18.8 Å². The standard InChI is InChI=1S/C20H23NO7/c1-27-14-7-8-15(19(24)25)16(11-14)18(23)17(22)9-10-21-20(26)28-12-13-5-3-2-4-6-13/h2-8,11,17-18,22-23H,9-10,12H2,1H3,(H,21,26)(H,24,25). The van der Waals surface area contributed by atoms with Crippen molar-refractivity contribution < 1.29 is 34.4 Å².